The molecule has 0 amide bonds. The number of carbonyl (C=O) groups is 1. The van der Waals surface area contributed by atoms with E-state index in [0.29, 0.717) is 0 Å². The molecule has 0 saturated heterocycles. The van der Waals surface area contributed by atoms with Crippen molar-refractivity contribution in [3.63, 3.8) is 0 Å². The lowest BCUT2D eigenvalue weighted by Crippen LogP contribution is -2.31. The minimum absolute atomic E-state index is 0.0318. The first-order valence-corrected chi connectivity index (χ1v) is 7.28. The molecule has 20 heavy (non-hydrogen) atoms. The first-order valence-electron chi connectivity index (χ1n) is 5.80. The molecule has 0 aliphatic heterocycles. The van der Waals surface area contributed by atoms with E-state index in [1.54, 1.807) is 6.92 Å². The Bertz CT molecular complexity index is 588. The van der Waals surface area contributed by atoms with Crippen molar-refractivity contribution in [1.29, 1.82) is 0 Å². The molecule has 1 unspecified atom stereocenters. The fraction of sp³-hybridized carbons (Fsp3) is 0.417. The maximum absolute atomic E-state index is 13.2. The molecule has 0 spiro atoms. The third-order valence-corrected chi connectivity index (χ3v) is 4.04. The summed E-state index contributed by atoms with van der Waals surface area (Å²) < 4.78 is 44.1. The Hall–Kier alpha value is -1.51. The molecule has 8 heteroatoms. The van der Waals surface area contributed by atoms with E-state index in [2.05, 4.69) is 9.46 Å². The molecule has 0 aliphatic rings. The van der Waals surface area contributed by atoms with Crippen LogP contribution in [-0.4, -0.2) is 39.8 Å². The van der Waals surface area contributed by atoms with E-state index in [0.717, 1.165) is 25.3 Å². The summed E-state index contributed by atoms with van der Waals surface area (Å²) in [5, 5.41) is 8.86. The first kappa shape index (κ1) is 16.5. The van der Waals surface area contributed by atoms with E-state index < -0.39 is 26.7 Å². The van der Waals surface area contributed by atoms with E-state index in [1.165, 1.54) is 0 Å². The van der Waals surface area contributed by atoms with Crippen LogP contribution >= 0.6 is 0 Å². The fourth-order valence-electron chi connectivity index (χ4n) is 1.39. The van der Waals surface area contributed by atoms with Gasteiger partial charge in [0.05, 0.1) is 17.6 Å². The molecule has 2 N–H and O–H groups in total. The summed E-state index contributed by atoms with van der Waals surface area (Å²) in [5.41, 5.74) is -0.252. The van der Waals surface area contributed by atoms with Crippen LogP contribution in [0.3, 0.4) is 0 Å². The summed E-state index contributed by atoms with van der Waals surface area (Å²) in [6.07, 6.45) is 0. The van der Waals surface area contributed by atoms with Gasteiger partial charge in [-0.3, -0.25) is 0 Å². The number of hydrogen-bond donors (Lipinski definition) is 2. The number of hydrogen-bond acceptors (Lipinski definition) is 5. The normalized spacial score (nSPS) is 13.0. The molecule has 0 radical (unpaired) electrons. The van der Waals surface area contributed by atoms with Crippen LogP contribution in [0, 0.1) is 11.7 Å². The standard InChI is InChI=1S/C12H16FNO5S/c1-8(7-15)6-14-20(17,18)11-5-9(13)3-4-10(11)12(16)19-2/h3-5,8,14-15H,6-7H2,1-2H3. The number of methoxy groups -OCH3 is 1. The fourth-order valence-corrected chi connectivity index (χ4v) is 2.76. The molecule has 1 aromatic carbocycles. The summed E-state index contributed by atoms with van der Waals surface area (Å²) >= 11 is 0. The number of aliphatic hydroxyl groups excluding tert-OH is 1. The zero-order valence-corrected chi connectivity index (χ0v) is 11.9. The molecule has 1 atom stereocenters. The van der Waals surface area contributed by atoms with Crippen molar-refractivity contribution in [2.75, 3.05) is 20.3 Å². The summed E-state index contributed by atoms with van der Waals surface area (Å²) in [6.45, 7) is 1.40. The number of aliphatic hydroxyl groups is 1. The number of halogens is 1. The van der Waals surface area contributed by atoms with Crippen molar-refractivity contribution in [2.24, 2.45) is 5.92 Å². The molecule has 0 heterocycles. The number of benzene rings is 1. The van der Waals surface area contributed by atoms with E-state index in [4.69, 9.17) is 5.11 Å². The second-order valence-corrected chi connectivity index (χ2v) is 6.01. The highest BCUT2D eigenvalue weighted by Crippen LogP contribution is 2.18. The average molecular weight is 305 g/mol. The highest BCUT2D eigenvalue weighted by molar-refractivity contribution is 7.89. The Balaban J connectivity index is 3.16. The quantitative estimate of drug-likeness (QED) is 0.747. The number of nitrogens with one attached hydrogen (secondary N) is 1. The molecule has 0 saturated carbocycles. The Kier molecular flexibility index (Phi) is 5.61. The third kappa shape index (κ3) is 3.99. The lowest BCUT2D eigenvalue weighted by atomic mass is 10.2. The number of ether oxygens (including phenoxy) is 1. The summed E-state index contributed by atoms with van der Waals surface area (Å²) in [6, 6.07) is 2.77. The molecule has 1 rings (SSSR count). The van der Waals surface area contributed by atoms with Crippen molar-refractivity contribution in [3.8, 4) is 0 Å². The largest absolute Gasteiger partial charge is 0.465 e. The van der Waals surface area contributed by atoms with Crippen LogP contribution in [0.15, 0.2) is 23.1 Å². The van der Waals surface area contributed by atoms with Crippen LogP contribution in [0.5, 0.6) is 0 Å². The number of rotatable bonds is 6. The number of carbonyl (C=O) groups excluding carboxylic acids is 1. The number of sulfonamides is 1. The van der Waals surface area contributed by atoms with Crippen molar-refractivity contribution in [1.82, 2.24) is 4.72 Å². The molecule has 1 aromatic rings. The monoisotopic (exact) mass is 305 g/mol. The minimum Gasteiger partial charge on any atom is -0.465 e. The molecule has 6 nitrogen and oxygen atoms in total. The molecular weight excluding hydrogens is 289 g/mol. The van der Waals surface area contributed by atoms with Gasteiger partial charge in [0.25, 0.3) is 0 Å². The van der Waals surface area contributed by atoms with Crippen molar-refractivity contribution < 1.29 is 27.4 Å². The van der Waals surface area contributed by atoms with Crippen LogP contribution in [0.1, 0.15) is 17.3 Å². The smallest absolute Gasteiger partial charge is 0.339 e. The number of esters is 1. The molecule has 0 aliphatic carbocycles. The Morgan fingerprint density at radius 2 is 2.15 bits per heavy atom. The van der Waals surface area contributed by atoms with Gasteiger partial charge in [-0.15, -0.1) is 0 Å². The highest BCUT2D eigenvalue weighted by Gasteiger charge is 2.24. The molecule has 112 valence electrons. The lowest BCUT2D eigenvalue weighted by molar-refractivity contribution is 0.0596. The van der Waals surface area contributed by atoms with Crippen LogP contribution in [0.4, 0.5) is 4.39 Å². The second-order valence-electron chi connectivity index (χ2n) is 4.27. The van der Waals surface area contributed by atoms with E-state index >= 15 is 0 Å². The van der Waals surface area contributed by atoms with Crippen molar-refractivity contribution in [3.05, 3.63) is 29.6 Å². The molecule has 0 fully saturated rings. The van der Waals surface area contributed by atoms with Gasteiger partial charge in [-0.2, -0.15) is 0 Å². The van der Waals surface area contributed by atoms with Gasteiger partial charge in [-0.25, -0.2) is 22.3 Å². The average Bonchev–Trinajstić information content (AvgIpc) is 2.43. The predicted octanol–water partition coefficient (Wildman–Crippen LogP) is 0.519. The molecule has 0 aromatic heterocycles. The molecular formula is C12H16FNO5S. The Morgan fingerprint density at radius 1 is 1.50 bits per heavy atom. The van der Waals surface area contributed by atoms with E-state index in [-0.39, 0.29) is 24.6 Å². The van der Waals surface area contributed by atoms with E-state index in [9.17, 15) is 17.6 Å². The topological polar surface area (TPSA) is 92.7 Å². The van der Waals surface area contributed by atoms with Gasteiger partial charge in [0.1, 0.15) is 5.82 Å². The predicted molar refractivity (Wildman–Crippen MR) is 69.2 cm³/mol. The third-order valence-electron chi connectivity index (χ3n) is 2.57. The van der Waals surface area contributed by atoms with Gasteiger partial charge in [-0.05, 0) is 24.1 Å². The zero-order valence-electron chi connectivity index (χ0n) is 11.1. The highest BCUT2D eigenvalue weighted by atomic mass is 32.2. The zero-order chi connectivity index (χ0) is 15.3. The van der Waals surface area contributed by atoms with Gasteiger partial charge in [0.15, 0.2) is 0 Å². The van der Waals surface area contributed by atoms with Crippen LogP contribution < -0.4 is 4.72 Å². The minimum atomic E-state index is -4.08. The summed E-state index contributed by atoms with van der Waals surface area (Å²) in [4.78, 5) is 11.0. The van der Waals surface area contributed by atoms with Crippen LogP contribution in [-0.2, 0) is 14.8 Å². The maximum atomic E-state index is 13.2. The second kappa shape index (κ2) is 6.78. The van der Waals surface area contributed by atoms with Gasteiger partial charge < -0.3 is 9.84 Å². The van der Waals surface area contributed by atoms with Gasteiger partial charge in [0.2, 0.25) is 10.0 Å². The van der Waals surface area contributed by atoms with Gasteiger partial charge >= 0.3 is 5.97 Å². The lowest BCUT2D eigenvalue weighted by Gasteiger charge is -2.12. The maximum Gasteiger partial charge on any atom is 0.339 e. The van der Waals surface area contributed by atoms with Crippen LogP contribution in [0.2, 0.25) is 0 Å². The van der Waals surface area contributed by atoms with Crippen LogP contribution in [0.25, 0.3) is 0 Å². The van der Waals surface area contributed by atoms with Gasteiger partial charge in [-0.1, -0.05) is 6.92 Å². The summed E-state index contributed by atoms with van der Waals surface area (Å²) in [5.74, 6) is -1.96. The Labute approximate surface area is 116 Å². The molecule has 0 bridgehead atoms. The van der Waals surface area contributed by atoms with Crippen molar-refractivity contribution in [2.45, 2.75) is 11.8 Å². The summed E-state index contributed by atoms with van der Waals surface area (Å²) in [7, 11) is -2.98. The van der Waals surface area contributed by atoms with E-state index in [1.807, 2.05) is 0 Å². The van der Waals surface area contributed by atoms with Gasteiger partial charge in [0, 0.05) is 13.2 Å². The SMILES string of the molecule is COC(=O)c1ccc(F)cc1S(=O)(=O)NCC(C)CO. The first-order chi connectivity index (χ1) is 9.31. The Morgan fingerprint density at radius 3 is 2.70 bits per heavy atom. The van der Waals surface area contributed by atoms with Crippen molar-refractivity contribution >= 4 is 16.0 Å².